The molecule has 0 atom stereocenters. The van der Waals surface area contributed by atoms with E-state index < -0.39 is 0 Å². The highest BCUT2D eigenvalue weighted by Gasteiger charge is 2.15. The maximum absolute atomic E-state index is 5.13. The van der Waals surface area contributed by atoms with Gasteiger partial charge in [-0.3, -0.25) is 4.98 Å². The van der Waals surface area contributed by atoms with Crippen molar-refractivity contribution < 1.29 is 0 Å². The third kappa shape index (κ3) is 5.94. The number of rotatable bonds is 6. The van der Waals surface area contributed by atoms with E-state index in [1.54, 1.807) is 0 Å². The summed E-state index contributed by atoms with van der Waals surface area (Å²) in [6, 6.07) is 61.0. The molecule has 0 bridgehead atoms. The smallest absolute Gasteiger partial charge is 0.160 e. The lowest BCUT2D eigenvalue weighted by Gasteiger charge is -2.13. The zero-order chi connectivity index (χ0) is 34.1. The fourth-order valence-electron chi connectivity index (χ4n) is 6.78. The summed E-state index contributed by atoms with van der Waals surface area (Å²) in [5.74, 6) is 0.692. The molecule has 240 valence electrons. The monoisotopic (exact) mass is 652 g/mol. The van der Waals surface area contributed by atoms with Gasteiger partial charge >= 0.3 is 0 Å². The molecule has 0 aliphatic rings. The molecule has 4 nitrogen and oxygen atoms in total. The van der Waals surface area contributed by atoms with Crippen LogP contribution < -0.4 is 0 Å². The number of aromatic nitrogens is 4. The molecule has 3 heterocycles. The molecule has 4 heteroatoms. The molecule has 6 aromatic carbocycles. The third-order valence-corrected chi connectivity index (χ3v) is 9.35. The second-order valence-corrected chi connectivity index (χ2v) is 12.8. The predicted molar refractivity (Wildman–Crippen MR) is 210 cm³/mol. The Morgan fingerprint density at radius 2 is 0.882 bits per heavy atom. The minimum atomic E-state index is 0.692. The number of hydrogen-bond donors (Lipinski definition) is 0. The highest BCUT2D eigenvalue weighted by Crippen LogP contribution is 2.36. The van der Waals surface area contributed by atoms with Crippen LogP contribution in [0.2, 0.25) is 0 Å². The fraction of sp³-hybridized carbons (Fsp3) is 0.0213. The van der Waals surface area contributed by atoms with E-state index >= 15 is 0 Å². The Balaban J connectivity index is 1.16. The van der Waals surface area contributed by atoms with Crippen LogP contribution in [0, 0.1) is 6.92 Å². The summed E-state index contributed by atoms with van der Waals surface area (Å²) in [6.07, 6.45) is 0. The molecule has 0 aliphatic carbocycles. The Morgan fingerprint density at radius 3 is 1.61 bits per heavy atom. The van der Waals surface area contributed by atoms with Gasteiger partial charge in [-0.2, -0.15) is 0 Å². The van der Waals surface area contributed by atoms with Crippen LogP contribution in [0.1, 0.15) is 5.69 Å². The van der Waals surface area contributed by atoms with Gasteiger partial charge in [0.2, 0.25) is 0 Å². The average molecular weight is 653 g/mol. The van der Waals surface area contributed by atoms with Gasteiger partial charge in [-0.15, -0.1) is 0 Å². The van der Waals surface area contributed by atoms with E-state index in [0.29, 0.717) is 5.82 Å². The highest BCUT2D eigenvalue weighted by molar-refractivity contribution is 6.09. The first-order valence-electron chi connectivity index (χ1n) is 17.1. The Labute approximate surface area is 296 Å². The molecule has 9 rings (SSSR count). The van der Waals surface area contributed by atoms with Gasteiger partial charge in [0.05, 0.1) is 28.1 Å². The third-order valence-electron chi connectivity index (χ3n) is 9.35. The molecule has 0 amide bonds. The molecule has 0 fully saturated rings. The first kappa shape index (κ1) is 30.3. The van der Waals surface area contributed by atoms with Gasteiger partial charge in [-0.1, -0.05) is 152 Å². The second-order valence-electron chi connectivity index (χ2n) is 12.8. The van der Waals surface area contributed by atoms with Crippen LogP contribution in [0.4, 0.5) is 0 Å². The Morgan fingerprint density at radius 1 is 0.333 bits per heavy atom. The summed E-state index contributed by atoms with van der Waals surface area (Å²) >= 11 is 0. The van der Waals surface area contributed by atoms with Crippen molar-refractivity contribution in [3.05, 3.63) is 182 Å². The van der Waals surface area contributed by atoms with E-state index in [0.717, 1.165) is 78.0 Å². The van der Waals surface area contributed by atoms with Crippen LogP contribution in [0.15, 0.2) is 176 Å². The van der Waals surface area contributed by atoms with E-state index in [-0.39, 0.29) is 0 Å². The summed E-state index contributed by atoms with van der Waals surface area (Å²) < 4.78 is 0. The highest BCUT2D eigenvalue weighted by atomic mass is 14.9. The Bertz CT molecular complexity index is 2670. The molecule has 0 radical (unpaired) electrons. The molecule has 0 N–H and O–H groups in total. The lowest BCUT2D eigenvalue weighted by molar-refractivity contribution is 1.18. The van der Waals surface area contributed by atoms with Gasteiger partial charge in [0.1, 0.15) is 0 Å². The maximum Gasteiger partial charge on any atom is 0.160 e. The van der Waals surface area contributed by atoms with Crippen molar-refractivity contribution >= 4 is 21.8 Å². The quantitative estimate of drug-likeness (QED) is 0.168. The number of pyridine rings is 2. The molecule has 51 heavy (non-hydrogen) atoms. The van der Waals surface area contributed by atoms with Crippen molar-refractivity contribution in [2.75, 3.05) is 0 Å². The first-order valence-corrected chi connectivity index (χ1v) is 17.1. The molecule has 9 aromatic rings. The van der Waals surface area contributed by atoms with Crippen molar-refractivity contribution in [3.63, 3.8) is 0 Å². The van der Waals surface area contributed by atoms with Gasteiger partial charge in [0, 0.05) is 38.7 Å². The number of nitrogens with zero attached hydrogens (tertiary/aromatic N) is 4. The SMILES string of the molecule is Cc1cc(-c2cccc(-c3cc(-c4ccc(-c5ccccc5)cc4)nc(-c4ccccc4)n3)c2)c2ccc3ccc(-c4ccccc4)nc3c2n1. The first-order chi connectivity index (χ1) is 25.2. The van der Waals surface area contributed by atoms with Crippen molar-refractivity contribution in [2.24, 2.45) is 0 Å². The molecule has 0 saturated carbocycles. The van der Waals surface area contributed by atoms with Gasteiger partial charge in [0.25, 0.3) is 0 Å². The minimum absolute atomic E-state index is 0.692. The topological polar surface area (TPSA) is 51.6 Å². The van der Waals surface area contributed by atoms with Crippen molar-refractivity contribution in [2.45, 2.75) is 6.92 Å². The van der Waals surface area contributed by atoms with Crippen LogP contribution in [0.5, 0.6) is 0 Å². The Kier molecular flexibility index (Phi) is 7.67. The largest absolute Gasteiger partial charge is 0.251 e. The predicted octanol–water partition coefficient (Wildman–Crippen LogP) is 11.9. The molecule has 0 unspecified atom stereocenters. The van der Waals surface area contributed by atoms with Gasteiger partial charge in [-0.05, 0) is 53.4 Å². The summed E-state index contributed by atoms with van der Waals surface area (Å²) in [6.45, 7) is 2.05. The van der Waals surface area contributed by atoms with E-state index in [2.05, 4.69) is 140 Å². The average Bonchev–Trinajstić information content (AvgIpc) is 3.21. The number of aryl methyl sites for hydroxylation is 1. The van der Waals surface area contributed by atoms with Crippen LogP contribution in [0.25, 0.3) is 89.2 Å². The van der Waals surface area contributed by atoms with Crippen molar-refractivity contribution in [1.82, 2.24) is 19.9 Å². The zero-order valence-corrected chi connectivity index (χ0v) is 28.0. The second kappa shape index (κ2) is 12.9. The maximum atomic E-state index is 5.13. The fourth-order valence-corrected chi connectivity index (χ4v) is 6.78. The lowest BCUT2D eigenvalue weighted by atomic mass is 9.96. The number of hydrogen-bond acceptors (Lipinski definition) is 4. The number of fused-ring (bicyclic) bond motifs is 3. The van der Waals surface area contributed by atoms with E-state index in [1.165, 1.54) is 11.1 Å². The molecule has 0 saturated heterocycles. The summed E-state index contributed by atoms with van der Waals surface area (Å²) in [5.41, 5.74) is 14.1. The summed E-state index contributed by atoms with van der Waals surface area (Å²) in [4.78, 5) is 20.4. The lowest BCUT2D eigenvalue weighted by Crippen LogP contribution is -1.96. The van der Waals surface area contributed by atoms with Crippen LogP contribution in [-0.2, 0) is 0 Å². The molecule has 0 spiro atoms. The summed E-state index contributed by atoms with van der Waals surface area (Å²) in [7, 11) is 0. The van der Waals surface area contributed by atoms with Gasteiger partial charge in [0.15, 0.2) is 5.82 Å². The number of benzene rings is 6. The zero-order valence-electron chi connectivity index (χ0n) is 28.0. The standard InChI is InChI=1S/C47H32N4/c1-31-28-41(40-26-24-36-25-27-42(34-14-7-3-8-15-34)49-45(36)46(40)48-31)38-18-11-19-39(29-38)44-30-43(50-47(51-44)37-16-9-4-10-17-37)35-22-20-33(21-23-35)32-12-5-2-6-13-32/h2-30H,1H3. The molecule has 0 aliphatic heterocycles. The van der Waals surface area contributed by atoms with Crippen LogP contribution >= 0.6 is 0 Å². The van der Waals surface area contributed by atoms with Gasteiger partial charge in [-0.25, -0.2) is 15.0 Å². The van der Waals surface area contributed by atoms with Crippen LogP contribution in [0.3, 0.4) is 0 Å². The van der Waals surface area contributed by atoms with Gasteiger partial charge < -0.3 is 0 Å². The summed E-state index contributed by atoms with van der Waals surface area (Å²) in [5, 5.41) is 2.13. The van der Waals surface area contributed by atoms with Crippen molar-refractivity contribution in [3.8, 4) is 67.4 Å². The normalized spacial score (nSPS) is 11.2. The Hall–Kier alpha value is -6.78. The van der Waals surface area contributed by atoms with Crippen LogP contribution in [-0.4, -0.2) is 19.9 Å². The van der Waals surface area contributed by atoms with E-state index in [9.17, 15) is 0 Å². The molecule has 3 aromatic heterocycles. The van der Waals surface area contributed by atoms with E-state index in [1.807, 2.05) is 42.5 Å². The minimum Gasteiger partial charge on any atom is -0.251 e. The van der Waals surface area contributed by atoms with E-state index in [4.69, 9.17) is 19.9 Å². The molecular weight excluding hydrogens is 621 g/mol. The molecular formula is C47H32N4. The van der Waals surface area contributed by atoms with Crippen molar-refractivity contribution in [1.29, 1.82) is 0 Å².